The van der Waals surface area contributed by atoms with Crippen molar-refractivity contribution in [1.82, 2.24) is 9.97 Å². The second kappa shape index (κ2) is 11.0. The van der Waals surface area contributed by atoms with E-state index in [1.165, 1.54) is 26.0 Å². The van der Waals surface area contributed by atoms with E-state index in [1.807, 2.05) is 24.3 Å². The number of thioether (sulfide) groups is 1. The summed E-state index contributed by atoms with van der Waals surface area (Å²) >= 11 is 1.33. The standard InChI is InChI=1S/C26H24N4O5S/c1-4-34-26(31)23-20(14-36-21-13-29-17-9-5-6-10-18(17)30-21)35-25(28)16(12-27)22(23)15-8-7-11-19(32-2)24(15)33-3/h5-11,13,22H,4,14,28H2,1-3H3/t22-/m0/s1. The van der Waals surface area contributed by atoms with E-state index in [4.69, 9.17) is 24.7 Å². The molecule has 0 unspecified atom stereocenters. The molecule has 36 heavy (non-hydrogen) atoms. The second-order valence-electron chi connectivity index (χ2n) is 7.55. The summed E-state index contributed by atoms with van der Waals surface area (Å²) in [6.07, 6.45) is 1.66. The maximum Gasteiger partial charge on any atom is 0.338 e. The van der Waals surface area contributed by atoms with Crippen LogP contribution in [-0.4, -0.2) is 42.5 Å². The minimum Gasteiger partial charge on any atom is -0.493 e. The Labute approximate surface area is 212 Å². The van der Waals surface area contributed by atoms with E-state index < -0.39 is 11.9 Å². The van der Waals surface area contributed by atoms with Crippen LogP contribution in [0, 0.1) is 11.3 Å². The Bertz CT molecular complexity index is 1410. The van der Waals surface area contributed by atoms with E-state index in [2.05, 4.69) is 16.0 Å². The van der Waals surface area contributed by atoms with Crippen LogP contribution in [0.3, 0.4) is 0 Å². The zero-order valence-electron chi connectivity index (χ0n) is 20.0. The monoisotopic (exact) mass is 504 g/mol. The number of nitrogens with zero attached hydrogens (tertiary/aromatic N) is 3. The van der Waals surface area contributed by atoms with Gasteiger partial charge in [0.2, 0.25) is 5.88 Å². The average molecular weight is 505 g/mol. The zero-order valence-corrected chi connectivity index (χ0v) is 20.8. The van der Waals surface area contributed by atoms with Crippen LogP contribution in [0.2, 0.25) is 0 Å². The number of nitriles is 1. The Hall–Kier alpha value is -4.23. The molecule has 1 aromatic heterocycles. The van der Waals surface area contributed by atoms with Crippen molar-refractivity contribution in [3.8, 4) is 17.6 Å². The molecular formula is C26H24N4O5S. The number of methoxy groups -OCH3 is 2. The fourth-order valence-electron chi connectivity index (χ4n) is 3.96. The van der Waals surface area contributed by atoms with Crippen LogP contribution in [0.4, 0.5) is 0 Å². The Morgan fingerprint density at radius 1 is 1.17 bits per heavy atom. The van der Waals surface area contributed by atoms with Gasteiger partial charge in [-0.15, -0.1) is 0 Å². The molecule has 0 saturated carbocycles. The van der Waals surface area contributed by atoms with Gasteiger partial charge in [-0.2, -0.15) is 5.26 Å². The van der Waals surface area contributed by atoms with Crippen LogP contribution in [0.5, 0.6) is 11.5 Å². The normalized spacial score (nSPS) is 15.3. The Morgan fingerprint density at radius 3 is 2.64 bits per heavy atom. The number of carbonyl (C=O) groups excluding carboxylic acids is 1. The number of hydrogen-bond acceptors (Lipinski definition) is 10. The molecule has 10 heteroatoms. The average Bonchev–Trinajstić information content (AvgIpc) is 2.90. The number of para-hydroxylation sites is 3. The van der Waals surface area contributed by atoms with E-state index in [0.717, 1.165) is 11.0 Å². The topological polar surface area (TPSA) is 130 Å². The van der Waals surface area contributed by atoms with Gasteiger partial charge in [0.15, 0.2) is 11.5 Å². The number of allylic oxidation sites excluding steroid dienone is 1. The highest BCUT2D eigenvalue weighted by atomic mass is 32.2. The van der Waals surface area contributed by atoms with Crippen molar-refractivity contribution in [3.05, 3.63) is 77.0 Å². The van der Waals surface area contributed by atoms with Crippen LogP contribution in [-0.2, 0) is 14.3 Å². The van der Waals surface area contributed by atoms with Crippen molar-refractivity contribution in [2.75, 3.05) is 26.6 Å². The molecular weight excluding hydrogens is 480 g/mol. The van der Waals surface area contributed by atoms with Gasteiger partial charge in [0, 0.05) is 5.56 Å². The highest BCUT2D eigenvalue weighted by molar-refractivity contribution is 7.99. The van der Waals surface area contributed by atoms with Crippen LogP contribution in [0.1, 0.15) is 18.4 Å². The van der Waals surface area contributed by atoms with E-state index in [0.29, 0.717) is 22.1 Å². The number of aromatic nitrogens is 2. The number of hydrogen-bond donors (Lipinski definition) is 1. The van der Waals surface area contributed by atoms with Crippen molar-refractivity contribution in [2.45, 2.75) is 17.9 Å². The summed E-state index contributed by atoms with van der Waals surface area (Å²) < 4.78 is 22.2. The predicted octanol–water partition coefficient (Wildman–Crippen LogP) is 4.06. The molecule has 0 radical (unpaired) electrons. The third-order valence-electron chi connectivity index (χ3n) is 5.51. The Kier molecular flexibility index (Phi) is 7.61. The van der Waals surface area contributed by atoms with E-state index in [-0.39, 0.29) is 35.1 Å². The van der Waals surface area contributed by atoms with Gasteiger partial charge in [-0.3, -0.25) is 4.98 Å². The van der Waals surface area contributed by atoms with Crippen molar-refractivity contribution in [1.29, 1.82) is 5.26 Å². The van der Waals surface area contributed by atoms with E-state index in [1.54, 1.807) is 31.3 Å². The predicted molar refractivity (Wildman–Crippen MR) is 134 cm³/mol. The minimum absolute atomic E-state index is 0.0730. The molecule has 0 amide bonds. The third kappa shape index (κ3) is 4.78. The summed E-state index contributed by atoms with van der Waals surface area (Å²) in [4.78, 5) is 22.3. The highest BCUT2D eigenvalue weighted by Gasteiger charge is 2.39. The molecule has 4 rings (SSSR count). The van der Waals surface area contributed by atoms with E-state index >= 15 is 0 Å². The van der Waals surface area contributed by atoms with Crippen molar-refractivity contribution in [3.63, 3.8) is 0 Å². The van der Waals surface area contributed by atoms with Gasteiger partial charge in [-0.1, -0.05) is 36.0 Å². The molecule has 184 valence electrons. The van der Waals surface area contributed by atoms with Gasteiger partial charge in [0.05, 0.1) is 55.3 Å². The lowest BCUT2D eigenvalue weighted by atomic mass is 9.82. The lowest BCUT2D eigenvalue weighted by molar-refractivity contribution is -0.139. The summed E-state index contributed by atoms with van der Waals surface area (Å²) in [6, 6.07) is 14.9. The zero-order chi connectivity index (χ0) is 25.7. The Balaban J connectivity index is 1.81. The van der Waals surface area contributed by atoms with Crippen molar-refractivity contribution < 1.29 is 23.7 Å². The number of esters is 1. The number of carbonyl (C=O) groups is 1. The molecule has 0 saturated heterocycles. The van der Waals surface area contributed by atoms with E-state index in [9.17, 15) is 10.1 Å². The molecule has 2 heterocycles. The SMILES string of the molecule is CCOC(=O)C1=C(CSc2cnc3ccccc3n2)OC(N)=C(C#N)[C@@H]1c1cccc(OC)c1OC. The van der Waals surface area contributed by atoms with Gasteiger partial charge >= 0.3 is 5.97 Å². The number of benzene rings is 2. The Morgan fingerprint density at radius 2 is 1.94 bits per heavy atom. The molecule has 1 aliphatic heterocycles. The first-order valence-corrected chi connectivity index (χ1v) is 12.0. The van der Waals surface area contributed by atoms with Gasteiger partial charge in [-0.05, 0) is 25.1 Å². The minimum atomic E-state index is -0.883. The number of ether oxygens (including phenoxy) is 4. The molecule has 0 aliphatic carbocycles. The van der Waals surface area contributed by atoms with Crippen LogP contribution in [0.15, 0.2) is 76.5 Å². The summed E-state index contributed by atoms with van der Waals surface area (Å²) in [5.74, 6) is -0.312. The molecule has 0 spiro atoms. The summed E-state index contributed by atoms with van der Waals surface area (Å²) in [5, 5.41) is 10.6. The van der Waals surface area contributed by atoms with Gasteiger partial charge in [0.25, 0.3) is 0 Å². The number of fused-ring (bicyclic) bond motifs is 1. The second-order valence-corrected chi connectivity index (χ2v) is 8.55. The molecule has 2 aromatic carbocycles. The van der Waals surface area contributed by atoms with Crippen molar-refractivity contribution >= 4 is 28.8 Å². The smallest absolute Gasteiger partial charge is 0.338 e. The summed E-state index contributed by atoms with van der Waals surface area (Å²) in [7, 11) is 3.00. The van der Waals surface area contributed by atoms with Crippen LogP contribution in [0.25, 0.3) is 11.0 Å². The van der Waals surface area contributed by atoms with Crippen LogP contribution >= 0.6 is 11.8 Å². The van der Waals surface area contributed by atoms with Gasteiger partial charge < -0.3 is 24.7 Å². The maximum atomic E-state index is 13.3. The first-order valence-electron chi connectivity index (χ1n) is 11.1. The lowest BCUT2D eigenvalue weighted by Crippen LogP contribution is -2.27. The molecule has 9 nitrogen and oxygen atoms in total. The molecule has 3 aromatic rings. The van der Waals surface area contributed by atoms with Gasteiger partial charge in [0.1, 0.15) is 22.4 Å². The first-order chi connectivity index (χ1) is 17.5. The number of rotatable bonds is 8. The summed E-state index contributed by atoms with van der Waals surface area (Å²) in [6.45, 7) is 1.85. The molecule has 0 fully saturated rings. The summed E-state index contributed by atoms with van der Waals surface area (Å²) in [5.41, 5.74) is 8.47. The first kappa shape index (κ1) is 24.9. The van der Waals surface area contributed by atoms with Crippen molar-refractivity contribution in [2.24, 2.45) is 5.73 Å². The van der Waals surface area contributed by atoms with Gasteiger partial charge in [-0.25, -0.2) is 9.78 Å². The number of nitrogens with two attached hydrogens (primary N) is 1. The fourth-order valence-corrected chi connectivity index (χ4v) is 4.74. The third-order valence-corrected chi connectivity index (χ3v) is 6.41. The fraction of sp³-hybridized carbons (Fsp3) is 0.231. The molecule has 1 aliphatic rings. The van der Waals surface area contributed by atoms with Crippen LogP contribution < -0.4 is 15.2 Å². The molecule has 1 atom stereocenters. The molecule has 0 bridgehead atoms. The largest absolute Gasteiger partial charge is 0.493 e. The quantitative estimate of drug-likeness (QED) is 0.354. The highest BCUT2D eigenvalue weighted by Crippen LogP contribution is 2.46. The molecule has 2 N–H and O–H groups in total. The lowest BCUT2D eigenvalue weighted by Gasteiger charge is -2.29. The maximum absolute atomic E-state index is 13.3.